The number of phenolic OH excluding ortho intramolecular Hbond substituents is 1. The molecule has 0 spiro atoms. The van der Waals surface area contributed by atoms with Gasteiger partial charge in [-0.2, -0.15) is 0 Å². The Morgan fingerprint density at radius 3 is 2.30 bits per heavy atom. The molecule has 0 aromatic heterocycles. The van der Waals surface area contributed by atoms with Gasteiger partial charge in [-0.05, 0) is 30.3 Å². The number of ether oxygens (including phenoxy) is 1. The summed E-state index contributed by atoms with van der Waals surface area (Å²) in [7, 11) is 0. The fourth-order valence-corrected chi connectivity index (χ4v) is 2.27. The third kappa shape index (κ3) is 2.48. The average Bonchev–Trinajstić information content (AvgIpc) is 2.79. The van der Waals surface area contributed by atoms with Crippen molar-refractivity contribution in [1.82, 2.24) is 4.90 Å². The third-order valence-electron chi connectivity index (χ3n) is 3.44. The maximum absolute atomic E-state index is 12.1. The highest BCUT2D eigenvalue weighted by atomic mass is 16.5. The molecule has 3 N–H and O–H groups in total. The van der Waals surface area contributed by atoms with Gasteiger partial charge in [0.1, 0.15) is 11.3 Å². The van der Waals surface area contributed by atoms with E-state index in [1.54, 1.807) is 12.1 Å². The van der Waals surface area contributed by atoms with Gasteiger partial charge in [0, 0.05) is 5.69 Å². The van der Waals surface area contributed by atoms with Crippen molar-refractivity contribution in [1.29, 1.82) is 0 Å². The van der Waals surface area contributed by atoms with Crippen LogP contribution in [0, 0.1) is 0 Å². The average molecular weight is 312 g/mol. The van der Waals surface area contributed by atoms with Crippen LogP contribution in [-0.2, 0) is 4.74 Å². The summed E-state index contributed by atoms with van der Waals surface area (Å²) < 4.78 is 4.95. The summed E-state index contributed by atoms with van der Waals surface area (Å²) in [5.74, 6) is -2.25. The summed E-state index contributed by atoms with van der Waals surface area (Å²) in [4.78, 5) is 37.0. The Bertz CT molecular complexity index is 796. The second kappa shape index (κ2) is 5.45. The summed E-state index contributed by atoms with van der Waals surface area (Å²) >= 11 is 0. The minimum absolute atomic E-state index is 0.137. The zero-order valence-corrected chi connectivity index (χ0v) is 11.9. The Morgan fingerprint density at radius 1 is 1.09 bits per heavy atom. The Labute approximate surface area is 130 Å². The van der Waals surface area contributed by atoms with Gasteiger partial charge in [-0.15, -0.1) is 0 Å². The van der Waals surface area contributed by atoms with Gasteiger partial charge in [0.2, 0.25) is 0 Å². The molecule has 7 heteroatoms. The van der Waals surface area contributed by atoms with Gasteiger partial charge in [-0.3, -0.25) is 9.59 Å². The Kier molecular flexibility index (Phi) is 3.46. The quantitative estimate of drug-likeness (QED) is 0.383. The molecule has 0 fully saturated rings. The molecule has 7 nitrogen and oxygen atoms in total. The van der Waals surface area contributed by atoms with Crippen LogP contribution in [0.25, 0.3) is 0 Å². The number of fused-ring (bicyclic) bond motifs is 1. The first-order chi connectivity index (χ1) is 11.0. The highest BCUT2D eigenvalue weighted by molar-refractivity contribution is 6.21. The van der Waals surface area contributed by atoms with Crippen molar-refractivity contribution < 1.29 is 24.2 Å². The van der Waals surface area contributed by atoms with Crippen molar-refractivity contribution in [3.8, 4) is 5.75 Å². The smallest absolute Gasteiger partial charge is 0.343 e. The van der Waals surface area contributed by atoms with Crippen LogP contribution in [0.15, 0.2) is 42.5 Å². The van der Waals surface area contributed by atoms with E-state index in [9.17, 15) is 19.5 Å². The lowest BCUT2D eigenvalue weighted by atomic mass is 10.1. The molecule has 1 aliphatic rings. The third-order valence-corrected chi connectivity index (χ3v) is 3.44. The molecule has 2 aromatic rings. The van der Waals surface area contributed by atoms with Crippen LogP contribution in [0.2, 0.25) is 0 Å². The minimum Gasteiger partial charge on any atom is -0.507 e. The van der Waals surface area contributed by atoms with Crippen molar-refractivity contribution in [2.75, 3.05) is 12.5 Å². The van der Waals surface area contributed by atoms with Crippen molar-refractivity contribution in [3.05, 3.63) is 59.2 Å². The molecule has 0 unspecified atom stereocenters. The Hall–Kier alpha value is -3.35. The van der Waals surface area contributed by atoms with Crippen molar-refractivity contribution in [2.24, 2.45) is 0 Å². The van der Waals surface area contributed by atoms with Gasteiger partial charge in [0.25, 0.3) is 11.8 Å². The largest absolute Gasteiger partial charge is 0.507 e. The van der Waals surface area contributed by atoms with Gasteiger partial charge >= 0.3 is 5.97 Å². The number of rotatable bonds is 3. The number of nitrogens with two attached hydrogens (primary N) is 1. The van der Waals surface area contributed by atoms with Crippen LogP contribution >= 0.6 is 0 Å². The zero-order valence-electron chi connectivity index (χ0n) is 11.9. The van der Waals surface area contributed by atoms with E-state index in [0.29, 0.717) is 0 Å². The zero-order chi connectivity index (χ0) is 16.6. The number of nitrogen functional groups attached to an aromatic ring is 1. The molecule has 0 saturated heterocycles. The summed E-state index contributed by atoms with van der Waals surface area (Å²) in [5, 5.41) is 9.64. The Balaban J connectivity index is 1.75. The monoisotopic (exact) mass is 312 g/mol. The van der Waals surface area contributed by atoms with Crippen LogP contribution in [-0.4, -0.2) is 34.5 Å². The number of esters is 1. The summed E-state index contributed by atoms with van der Waals surface area (Å²) in [6.45, 7) is -0.542. The number of aromatic hydroxyl groups is 1. The van der Waals surface area contributed by atoms with E-state index >= 15 is 0 Å². The molecule has 116 valence electrons. The van der Waals surface area contributed by atoms with Crippen LogP contribution in [0.1, 0.15) is 31.1 Å². The fraction of sp³-hybridized carbons (Fsp3) is 0.0625. The molecule has 1 heterocycles. The number of imide groups is 1. The van der Waals surface area contributed by atoms with Gasteiger partial charge in [-0.1, -0.05) is 12.1 Å². The molecular weight excluding hydrogens is 300 g/mol. The molecule has 2 aromatic carbocycles. The molecule has 0 atom stereocenters. The highest BCUT2D eigenvalue weighted by Gasteiger charge is 2.35. The van der Waals surface area contributed by atoms with E-state index in [-0.39, 0.29) is 28.1 Å². The maximum atomic E-state index is 12.1. The molecule has 0 bridgehead atoms. The number of hydrogen-bond acceptors (Lipinski definition) is 6. The van der Waals surface area contributed by atoms with E-state index < -0.39 is 24.5 Å². The minimum atomic E-state index is -0.883. The number of hydrogen-bond donors (Lipinski definition) is 2. The molecule has 23 heavy (non-hydrogen) atoms. The van der Waals surface area contributed by atoms with Crippen molar-refractivity contribution in [3.63, 3.8) is 0 Å². The second-order valence-corrected chi connectivity index (χ2v) is 4.92. The lowest BCUT2D eigenvalue weighted by Crippen LogP contribution is -2.33. The van der Waals surface area contributed by atoms with Crippen LogP contribution in [0.3, 0.4) is 0 Å². The first-order valence-electron chi connectivity index (χ1n) is 6.70. The van der Waals surface area contributed by atoms with Gasteiger partial charge in [-0.25, -0.2) is 9.69 Å². The standard InChI is InChI=1S/C16H12N2O5/c17-9-5-6-13(19)12(7-9)16(22)23-8-18-14(20)10-3-1-2-4-11(10)15(18)21/h1-7,19H,8,17H2. The lowest BCUT2D eigenvalue weighted by Gasteiger charge is -2.14. The molecule has 1 aliphatic heterocycles. The number of benzene rings is 2. The number of nitrogens with zero attached hydrogens (tertiary/aromatic N) is 1. The topological polar surface area (TPSA) is 110 Å². The van der Waals surface area contributed by atoms with Crippen molar-refractivity contribution >= 4 is 23.5 Å². The molecular formula is C16H12N2O5. The highest BCUT2D eigenvalue weighted by Crippen LogP contribution is 2.24. The normalized spacial score (nSPS) is 13.1. The second-order valence-electron chi connectivity index (χ2n) is 4.92. The van der Waals surface area contributed by atoms with Crippen LogP contribution < -0.4 is 5.73 Å². The maximum Gasteiger partial charge on any atom is 0.343 e. The van der Waals surface area contributed by atoms with Gasteiger partial charge in [0.15, 0.2) is 6.73 Å². The fourth-order valence-electron chi connectivity index (χ4n) is 2.27. The molecule has 0 saturated carbocycles. The van der Waals surface area contributed by atoms with Crippen LogP contribution in [0.4, 0.5) is 5.69 Å². The predicted octanol–water partition coefficient (Wildman–Crippen LogP) is 1.38. The molecule has 0 radical (unpaired) electrons. The molecule has 0 aliphatic carbocycles. The lowest BCUT2D eigenvalue weighted by molar-refractivity contribution is 0.0226. The van der Waals surface area contributed by atoms with E-state index in [2.05, 4.69) is 0 Å². The van der Waals surface area contributed by atoms with E-state index in [4.69, 9.17) is 10.5 Å². The Morgan fingerprint density at radius 2 is 1.70 bits per heavy atom. The number of phenols is 1. The number of amides is 2. The van der Waals surface area contributed by atoms with Crippen molar-refractivity contribution in [2.45, 2.75) is 0 Å². The SMILES string of the molecule is Nc1ccc(O)c(C(=O)OCN2C(=O)c3ccccc3C2=O)c1. The molecule has 2 amide bonds. The van der Waals surface area contributed by atoms with E-state index in [1.807, 2.05) is 0 Å². The van der Waals surface area contributed by atoms with E-state index in [1.165, 1.54) is 30.3 Å². The number of anilines is 1. The summed E-state index contributed by atoms with van der Waals surface area (Å²) in [5.41, 5.74) is 6.21. The number of carbonyl (C=O) groups excluding carboxylic acids is 3. The van der Waals surface area contributed by atoms with E-state index in [0.717, 1.165) is 4.90 Å². The first kappa shape index (κ1) is 14.6. The summed E-state index contributed by atoms with van der Waals surface area (Å²) in [6.07, 6.45) is 0. The van der Waals surface area contributed by atoms with Gasteiger partial charge < -0.3 is 15.6 Å². The summed E-state index contributed by atoms with van der Waals surface area (Å²) in [6, 6.07) is 10.3. The van der Waals surface area contributed by atoms with Crippen LogP contribution in [0.5, 0.6) is 5.75 Å². The molecule has 3 rings (SSSR count). The first-order valence-corrected chi connectivity index (χ1v) is 6.70. The predicted molar refractivity (Wildman–Crippen MR) is 79.7 cm³/mol. The van der Waals surface area contributed by atoms with Gasteiger partial charge in [0.05, 0.1) is 11.1 Å². The number of carbonyl (C=O) groups is 3.